The standard InChI is InChI=1S/C14H28F2N2/c1-5-11(4)13-7-17-12(6-10(2)3)8-18(13)9-14(15)16/h10-14,17H,5-9H2,1-4H3. The van der Waals surface area contributed by atoms with Crippen LogP contribution in [-0.4, -0.2) is 43.0 Å². The van der Waals surface area contributed by atoms with Gasteiger partial charge in [0.2, 0.25) is 0 Å². The van der Waals surface area contributed by atoms with Gasteiger partial charge in [0, 0.05) is 25.2 Å². The molecule has 3 unspecified atom stereocenters. The molecule has 1 heterocycles. The smallest absolute Gasteiger partial charge is 0.251 e. The molecule has 0 spiro atoms. The average Bonchev–Trinajstić information content (AvgIpc) is 2.26. The molecule has 1 aliphatic rings. The van der Waals surface area contributed by atoms with Crippen molar-refractivity contribution in [1.29, 1.82) is 0 Å². The second kappa shape index (κ2) is 7.39. The fraction of sp³-hybridized carbons (Fsp3) is 1.00. The molecule has 4 heteroatoms. The summed E-state index contributed by atoms with van der Waals surface area (Å²) in [6.45, 7) is 10.2. The van der Waals surface area contributed by atoms with Gasteiger partial charge in [-0.1, -0.05) is 34.1 Å². The molecule has 0 aliphatic carbocycles. The van der Waals surface area contributed by atoms with Crippen molar-refractivity contribution in [2.24, 2.45) is 11.8 Å². The monoisotopic (exact) mass is 262 g/mol. The van der Waals surface area contributed by atoms with E-state index in [0.29, 0.717) is 17.9 Å². The molecule has 1 fully saturated rings. The minimum Gasteiger partial charge on any atom is -0.311 e. The molecule has 0 bridgehead atoms. The zero-order chi connectivity index (χ0) is 13.7. The van der Waals surface area contributed by atoms with Crippen LogP contribution in [0.5, 0.6) is 0 Å². The minimum absolute atomic E-state index is 0.0781. The molecule has 1 rings (SSSR count). The third kappa shape index (κ3) is 4.81. The summed E-state index contributed by atoms with van der Waals surface area (Å²) in [5.41, 5.74) is 0. The zero-order valence-electron chi connectivity index (χ0n) is 12.1. The van der Waals surface area contributed by atoms with E-state index in [0.717, 1.165) is 25.9 Å². The Morgan fingerprint density at radius 3 is 2.44 bits per heavy atom. The molecular formula is C14H28F2N2. The van der Waals surface area contributed by atoms with Gasteiger partial charge in [-0.05, 0) is 18.3 Å². The van der Waals surface area contributed by atoms with E-state index in [2.05, 4.69) is 33.0 Å². The van der Waals surface area contributed by atoms with E-state index in [-0.39, 0.29) is 12.6 Å². The second-order valence-corrected chi connectivity index (χ2v) is 6.03. The molecule has 2 nitrogen and oxygen atoms in total. The van der Waals surface area contributed by atoms with Gasteiger partial charge >= 0.3 is 0 Å². The molecule has 3 atom stereocenters. The Labute approximate surface area is 110 Å². The maximum Gasteiger partial charge on any atom is 0.251 e. The first-order valence-corrected chi connectivity index (χ1v) is 7.19. The van der Waals surface area contributed by atoms with Gasteiger partial charge in [-0.15, -0.1) is 0 Å². The molecule has 0 amide bonds. The van der Waals surface area contributed by atoms with Gasteiger partial charge in [0.25, 0.3) is 6.43 Å². The maximum absolute atomic E-state index is 12.7. The van der Waals surface area contributed by atoms with E-state index in [1.54, 1.807) is 0 Å². The minimum atomic E-state index is -2.23. The number of alkyl halides is 2. The number of halogens is 2. The van der Waals surface area contributed by atoms with Crippen LogP contribution < -0.4 is 5.32 Å². The van der Waals surface area contributed by atoms with Crippen molar-refractivity contribution in [3.8, 4) is 0 Å². The van der Waals surface area contributed by atoms with Crippen molar-refractivity contribution in [1.82, 2.24) is 10.2 Å². The zero-order valence-corrected chi connectivity index (χ0v) is 12.1. The number of hydrogen-bond acceptors (Lipinski definition) is 2. The van der Waals surface area contributed by atoms with Gasteiger partial charge < -0.3 is 5.32 Å². The number of piperazine rings is 1. The van der Waals surface area contributed by atoms with Crippen molar-refractivity contribution in [3.63, 3.8) is 0 Å². The first-order chi connectivity index (χ1) is 8.43. The molecule has 0 aromatic carbocycles. The van der Waals surface area contributed by atoms with E-state index in [1.807, 2.05) is 4.90 Å². The summed E-state index contributed by atoms with van der Waals surface area (Å²) >= 11 is 0. The fourth-order valence-electron chi connectivity index (χ4n) is 2.85. The fourth-order valence-corrected chi connectivity index (χ4v) is 2.85. The Balaban J connectivity index is 2.60. The molecule has 0 aromatic heterocycles. The van der Waals surface area contributed by atoms with Gasteiger partial charge in [0.1, 0.15) is 0 Å². The Morgan fingerprint density at radius 1 is 1.28 bits per heavy atom. The van der Waals surface area contributed by atoms with Crippen molar-refractivity contribution in [2.45, 2.75) is 59.0 Å². The van der Waals surface area contributed by atoms with Gasteiger partial charge in [-0.2, -0.15) is 0 Å². The van der Waals surface area contributed by atoms with Crippen LogP contribution >= 0.6 is 0 Å². The summed E-state index contributed by atoms with van der Waals surface area (Å²) < 4.78 is 25.4. The van der Waals surface area contributed by atoms with Crippen LogP contribution in [0.2, 0.25) is 0 Å². The Morgan fingerprint density at radius 2 is 1.94 bits per heavy atom. The molecule has 0 aromatic rings. The van der Waals surface area contributed by atoms with Crippen molar-refractivity contribution in [3.05, 3.63) is 0 Å². The lowest BCUT2D eigenvalue weighted by atomic mass is 9.92. The highest BCUT2D eigenvalue weighted by atomic mass is 19.3. The number of hydrogen-bond donors (Lipinski definition) is 1. The van der Waals surface area contributed by atoms with Crippen LogP contribution in [0.25, 0.3) is 0 Å². The van der Waals surface area contributed by atoms with Crippen LogP contribution in [-0.2, 0) is 0 Å². The highest BCUT2D eigenvalue weighted by Crippen LogP contribution is 2.21. The Bertz CT molecular complexity index is 234. The summed E-state index contributed by atoms with van der Waals surface area (Å²) in [6, 6.07) is 0.622. The summed E-state index contributed by atoms with van der Waals surface area (Å²) in [4.78, 5) is 2.00. The lowest BCUT2D eigenvalue weighted by Gasteiger charge is -2.43. The summed E-state index contributed by atoms with van der Waals surface area (Å²) in [5, 5.41) is 3.53. The average molecular weight is 262 g/mol. The van der Waals surface area contributed by atoms with E-state index in [1.165, 1.54) is 0 Å². The first kappa shape index (κ1) is 15.8. The number of nitrogens with zero attached hydrogens (tertiary/aromatic N) is 1. The van der Waals surface area contributed by atoms with Crippen LogP contribution in [0, 0.1) is 11.8 Å². The molecule has 1 aliphatic heterocycles. The second-order valence-electron chi connectivity index (χ2n) is 6.03. The first-order valence-electron chi connectivity index (χ1n) is 7.19. The maximum atomic E-state index is 12.7. The normalized spacial score (nSPS) is 28.0. The number of rotatable bonds is 6. The van der Waals surface area contributed by atoms with Crippen LogP contribution in [0.4, 0.5) is 8.78 Å². The van der Waals surface area contributed by atoms with Gasteiger partial charge in [-0.25, -0.2) is 8.78 Å². The molecule has 0 radical (unpaired) electrons. The van der Waals surface area contributed by atoms with E-state index >= 15 is 0 Å². The third-order valence-corrected chi connectivity index (χ3v) is 3.97. The topological polar surface area (TPSA) is 15.3 Å². The third-order valence-electron chi connectivity index (χ3n) is 3.97. The highest BCUT2D eigenvalue weighted by molar-refractivity contribution is 4.89. The van der Waals surface area contributed by atoms with Gasteiger partial charge in [0.15, 0.2) is 0 Å². The SMILES string of the molecule is CCC(C)C1CNC(CC(C)C)CN1CC(F)F. The molecule has 18 heavy (non-hydrogen) atoms. The molecule has 0 saturated carbocycles. The largest absolute Gasteiger partial charge is 0.311 e. The van der Waals surface area contributed by atoms with E-state index in [9.17, 15) is 8.78 Å². The van der Waals surface area contributed by atoms with Crippen LogP contribution in [0.3, 0.4) is 0 Å². The highest BCUT2D eigenvalue weighted by Gasteiger charge is 2.32. The summed E-state index contributed by atoms with van der Waals surface area (Å²) in [5.74, 6) is 1.08. The van der Waals surface area contributed by atoms with Gasteiger partial charge in [0.05, 0.1) is 6.54 Å². The molecular weight excluding hydrogens is 234 g/mol. The van der Waals surface area contributed by atoms with Crippen LogP contribution in [0.15, 0.2) is 0 Å². The van der Waals surface area contributed by atoms with Crippen LogP contribution in [0.1, 0.15) is 40.5 Å². The molecule has 1 N–H and O–H groups in total. The summed E-state index contributed by atoms with van der Waals surface area (Å²) in [6.07, 6.45) is -0.122. The predicted molar refractivity (Wildman–Crippen MR) is 72.1 cm³/mol. The Kier molecular flexibility index (Phi) is 6.50. The van der Waals surface area contributed by atoms with Gasteiger partial charge in [-0.3, -0.25) is 4.90 Å². The number of nitrogens with one attached hydrogen (secondary N) is 1. The lowest BCUT2D eigenvalue weighted by Crippen LogP contribution is -2.59. The van der Waals surface area contributed by atoms with Crippen molar-refractivity contribution >= 4 is 0 Å². The lowest BCUT2D eigenvalue weighted by molar-refractivity contribution is 0.0228. The van der Waals surface area contributed by atoms with Crippen molar-refractivity contribution < 1.29 is 8.78 Å². The van der Waals surface area contributed by atoms with Crippen molar-refractivity contribution in [2.75, 3.05) is 19.6 Å². The molecule has 108 valence electrons. The summed E-state index contributed by atoms with van der Waals surface area (Å²) in [7, 11) is 0. The quantitative estimate of drug-likeness (QED) is 0.791. The van der Waals surface area contributed by atoms with E-state index < -0.39 is 6.43 Å². The molecule has 1 saturated heterocycles. The Hall–Kier alpha value is -0.220. The predicted octanol–water partition coefficient (Wildman–Crippen LogP) is 2.99. The van der Waals surface area contributed by atoms with E-state index in [4.69, 9.17) is 0 Å².